The summed E-state index contributed by atoms with van der Waals surface area (Å²) in [5, 5.41) is 0. The van der Waals surface area contributed by atoms with Crippen LogP contribution in [0.3, 0.4) is 0 Å². The Bertz CT molecular complexity index is 557. The van der Waals surface area contributed by atoms with E-state index in [2.05, 4.69) is 31.9 Å². The minimum atomic E-state index is -0.350. The monoisotopic (exact) mass is 371 g/mol. The van der Waals surface area contributed by atoms with Crippen LogP contribution in [0.25, 0.3) is 0 Å². The zero-order chi connectivity index (χ0) is 13.1. The number of nitrogens with two attached hydrogens (primary N) is 1. The third kappa shape index (κ3) is 3.40. The molecule has 0 bridgehead atoms. The Morgan fingerprint density at radius 2 is 1.78 bits per heavy atom. The summed E-state index contributed by atoms with van der Waals surface area (Å²) in [4.78, 5) is 0. The zero-order valence-electron chi connectivity index (χ0n) is 9.54. The van der Waals surface area contributed by atoms with Gasteiger partial charge in [0.25, 0.3) is 0 Å². The van der Waals surface area contributed by atoms with Crippen LogP contribution in [0.4, 0.5) is 4.39 Å². The van der Waals surface area contributed by atoms with E-state index in [4.69, 9.17) is 5.73 Å². The van der Waals surface area contributed by atoms with Gasteiger partial charge >= 0.3 is 0 Å². The summed E-state index contributed by atoms with van der Waals surface area (Å²) in [7, 11) is 0. The molecule has 4 heteroatoms. The highest BCUT2D eigenvalue weighted by Gasteiger charge is 2.12. The summed E-state index contributed by atoms with van der Waals surface area (Å²) in [6.07, 6.45) is 0.604. The molecular weight excluding hydrogens is 361 g/mol. The van der Waals surface area contributed by atoms with Crippen LogP contribution in [0.15, 0.2) is 51.4 Å². The van der Waals surface area contributed by atoms with Crippen LogP contribution in [0, 0.1) is 5.82 Å². The van der Waals surface area contributed by atoms with E-state index in [0.717, 1.165) is 14.5 Å². The maximum atomic E-state index is 13.7. The number of hydrogen-bond donors (Lipinski definition) is 1. The molecule has 0 fully saturated rings. The average Bonchev–Trinajstić information content (AvgIpc) is 2.32. The molecule has 0 aliphatic carbocycles. The van der Waals surface area contributed by atoms with Gasteiger partial charge in [0.15, 0.2) is 0 Å². The van der Waals surface area contributed by atoms with Crippen molar-refractivity contribution in [1.82, 2.24) is 0 Å². The molecule has 0 saturated heterocycles. The fourth-order valence-corrected chi connectivity index (χ4v) is 2.65. The SMILES string of the molecule is NC(Cc1cccc(Br)c1)c1cc(Br)ccc1F. The van der Waals surface area contributed by atoms with E-state index < -0.39 is 0 Å². The van der Waals surface area contributed by atoms with Crippen molar-refractivity contribution in [3.63, 3.8) is 0 Å². The van der Waals surface area contributed by atoms with Gasteiger partial charge in [-0.2, -0.15) is 0 Å². The molecule has 0 aliphatic heterocycles. The number of benzene rings is 2. The van der Waals surface area contributed by atoms with E-state index in [1.54, 1.807) is 12.1 Å². The molecule has 0 amide bonds. The average molecular weight is 373 g/mol. The van der Waals surface area contributed by atoms with Gasteiger partial charge in [0.2, 0.25) is 0 Å². The predicted molar refractivity (Wildman–Crippen MR) is 78.9 cm³/mol. The summed E-state index contributed by atoms with van der Waals surface area (Å²) in [5.74, 6) is -0.263. The highest BCUT2D eigenvalue weighted by molar-refractivity contribution is 9.10. The number of rotatable bonds is 3. The molecule has 0 saturated carbocycles. The van der Waals surface area contributed by atoms with Crippen LogP contribution in [-0.4, -0.2) is 0 Å². The second-order valence-electron chi connectivity index (χ2n) is 4.11. The van der Waals surface area contributed by atoms with E-state index >= 15 is 0 Å². The van der Waals surface area contributed by atoms with E-state index in [1.165, 1.54) is 6.07 Å². The van der Waals surface area contributed by atoms with Crippen molar-refractivity contribution in [2.75, 3.05) is 0 Å². The molecule has 2 aromatic carbocycles. The van der Waals surface area contributed by atoms with Gasteiger partial charge in [-0.05, 0) is 42.3 Å². The topological polar surface area (TPSA) is 26.0 Å². The summed E-state index contributed by atoms with van der Waals surface area (Å²) >= 11 is 6.74. The fraction of sp³-hybridized carbons (Fsp3) is 0.143. The van der Waals surface area contributed by atoms with E-state index in [9.17, 15) is 4.39 Å². The van der Waals surface area contributed by atoms with E-state index in [1.807, 2.05) is 24.3 Å². The highest BCUT2D eigenvalue weighted by Crippen LogP contribution is 2.24. The van der Waals surface area contributed by atoms with Crippen LogP contribution >= 0.6 is 31.9 Å². The Balaban J connectivity index is 2.21. The standard InChI is InChI=1S/C14H12Br2FN/c15-10-3-1-2-9(6-10)7-14(18)12-8-11(16)4-5-13(12)17/h1-6,8,14H,7,18H2. The van der Waals surface area contributed by atoms with Gasteiger partial charge in [-0.25, -0.2) is 4.39 Å². The van der Waals surface area contributed by atoms with Crippen LogP contribution in [0.5, 0.6) is 0 Å². The van der Waals surface area contributed by atoms with Gasteiger partial charge in [-0.1, -0.05) is 44.0 Å². The highest BCUT2D eigenvalue weighted by atomic mass is 79.9. The van der Waals surface area contributed by atoms with Crippen LogP contribution in [0.2, 0.25) is 0 Å². The molecule has 1 atom stereocenters. The van der Waals surface area contributed by atoms with Crippen LogP contribution in [0.1, 0.15) is 17.2 Å². The molecule has 0 aliphatic rings. The lowest BCUT2D eigenvalue weighted by Crippen LogP contribution is -2.15. The van der Waals surface area contributed by atoms with Gasteiger partial charge in [0.1, 0.15) is 5.82 Å². The number of hydrogen-bond acceptors (Lipinski definition) is 1. The largest absolute Gasteiger partial charge is 0.324 e. The van der Waals surface area contributed by atoms with Crippen molar-refractivity contribution >= 4 is 31.9 Å². The molecule has 0 spiro atoms. The molecule has 18 heavy (non-hydrogen) atoms. The Morgan fingerprint density at radius 1 is 1.06 bits per heavy atom. The third-order valence-electron chi connectivity index (χ3n) is 2.70. The van der Waals surface area contributed by atoms with Crippen molar-refractivity contribution in [3.05, 3.63) is 68.4 Å². The minimum absolute atomic E-state index is 0.263. The zero-order valence-corrected chi connectivity index (χ0v) is 12.7. The van der Waals surface area contributed by atoms with Gasteiger partial charge in [-0.15, -0.1) is 0 Å². The molecule has 2 N–H and O–H groups in total. The first kappa shape index (κ1) is 13.7. The lowest BCUT2D eigenvalue weighted by atomic mass is 9.99. The Morgan fingerprint density at radius 3 is 2.50 bits per heavy atom. The maximum absolute atomic E-state index is 13.7. The van der Waals surface area contributed by atoms with Gasteiger partial charge in [0.05, 0.1) is 0 Å². The first-order chi connectivity index (χ1) is 8.56. The third-order valence-corrected chi connectivity index (χ3v) is 3.69. The van der Waals surface area contributed by atoms with Gasteiger partial charge in [-0.3, -0.25) is 0 Å². The van der Waals surface area contributed by atoms with Crippen molar-refractivity contribution in [2.24, 2.45) is 5.73 Å². The molecule has 0 radical (unpaired) electrons. The summed E-state index contributed by atoms with van der Waals surface area (Å²) in [6, 6.07) is 12.4. The van der Waals surface area contributed by atoms with Crippen molar-refractivity contribution in [3.8, 4) is 0 Å². The minimum Gasteiger partial charge on any atom is -0.324 e. The summed E-state index contributed by atoms with van der Waals surface area (Å²) in [5.41, 5.74) is 7.68. The molecule has 0 heterocycles. The van der Waals surface area contributed by atoms with Crippen molar-refractivity contribution in [2.45, 2.75) is 12.5 Å². The van der Waals surface area contributed by atoms with Gasteiger partial charge in [0, 0.05) is 20.6 Å². The van der Waals surface area contributed by atoms with Crippen LogP contribution in [-0.2, 0) is 6.42 Å². The molecule has 2 aromatic rings. The lowest BCUT2D eigenvalue weighted by molar-refractivity contribution is 0.580. The summed E-state index contributed by atoms with van der Waals surface area (Å²) in [6.45, 7) is 0. The van der Waals surface area contributed by atoms with Crippen LogP contribution < -0.4 is 5.73 Å². The molecular formula is C14H12Br2FN. The first-order valence-corrected chi connectivity index (χ1v) is 7.10. The second kappa shape index (κ2) is 5.95. The van der Waals surface area contributed by atoms with Crippen molar-refractivity contribution < 1.29 is 4.39 Å². The molecule has 1 nitrogen and oxygen atoms in total. The summed E-state index contributed by atoms with van der Waals surface area (Å²) < 4.78 is 15.5. The Kier molecular flexibility index (Phi) is 4.54. The molecule has 2 rings (SSSR count). The van der Waals surface area contributed by atoms with E-state index in [0.29, 0.717) is 12.0 Å². The number of halogens is 3. The first-order valence-electron chi connectivity index (χ1n) is 5.51. The normalized spacial score (nSPS) is 12.4. The Labute approximate surface area is 122 Å². The Hall–Kier alpha value is -0.710. The molecule has 94 valence electrons. The van der Waals surface area contributed by atoms with Crippen molar-refractivity contribution in [1.29, 1.82) is 0 Å². The van der Waals surface area contributed by atoms with Gasteiger partial charge < -0.3 is 5.73 Å². The molecule has 0 aromatic heterocycles. The fourth-order valence-electron chi connectivity index (χ4n) is 1.83. The van der Waals surface area contributed by atoms with E-state index in [-0.39, 0.29) is 11.9 Å². The lowest BCUT2D eigenvalue weighted by Gasteiger charge is -2.13. The maximum Gasteiger partial charge on any atom is 0.128 e. The smallest absolute Gasteiger partial charge is 0.128 e. The second-order valence-corrected chi connectivity index (χ2v) is 5.94. The predicted octanol–water partition coefficient (Wildman–Crippen LogP) is 4.59. The molecule has 1 unspecified atom stereocenters. The quantitative estimate of drug-likeness (QED) is 0.837.